The van der Waals surface area contributed by atoms with E-state index in [1.807, 2.05) is 30.5 Å². The zero-order chi connectivity index (χ0) is 19.3. The van der Waals surface area contributed by atoms with E-state index >= 15 is 0 Å². The first-order chi connectivity index (χ1) is 13.7. The van der Waals surface area contributed by atoms with Gasteiger partial charge in [-0.2, -0.15) is 5.16 Å². The molecule has 7 nitrogen and oxygen atoms in total. The van der Waals surface area contributed by atoms with Crippen LogP contribution in [0.15, 0.2) is 52.0 Å². The van der Waals surface area contributed by atoms with Crippen LogP contribution in [0.3, 0.4) is 0 Å². The highest BCUT2D eigenvalue weighted by atomic mass is 16.5. The van der Waals surface area contributed by atoms with Crippen LogP contribution in [0.25, 0.3) is 10.8 Å². The lowest BCUT2D eigenvalue weighted by Gasteiger charge is -2.29. The number of rotatable bonds is 6. The standard InChI is InChI=1S/C21H23N3O4/c25-20(9-8-17-12-21(26)24-28-17)23-15-4-6-16(7-5-15)27-19-3-1-2-14-13-22-11-10-18(14)19/h1-3,10-13,15-16H,4-9H2,(H,23,25)(H,24,26). The molecule has 28 heavy (non-hydrogen) atoms. The van der Waals surface area contributed by atoms with Gasteiger partial charge in [0.25, 0.3) is 5.56 Å². The first-order valence-electron chi connectivity index (χ1n) is 9.63. The third-order valence-electron chi connectivity index (χ3n) is 5.15. The molecule has 1 aromatic carbocycles. The number of pyridine rings is 1. The van der Waals surface area contributed by atoms with Crippen LogP contribution in [0.1, 0.15) is 37.9 Å². The molecule has 1 aliphatic carbocycles. The molecule has 146 valence electrons. The largest absolute Gasteiger partial charge is 0.490 e. The Bertz CT molecular complexity index is 997. The average Bonchev–Trinajstić information content (AvgIpc) is 3.13. The summed E-state index contributed by atoms with van der Waals surface area (Å²) in [7, 11) is 0. The van der Waals surface area contributed by atoms with Crippen LogP contribution < -0.4 is 15.6 Å². The fourth-order valence-electron chi connectivity index (χ4n) is 3.68. The smallest absolute Gasteiger partial charge is 0.280 e. The number of amides is 1. The maximum absolute atomic E-state index is 12.1. The number of aromatic amines is 1. The van der Waals surface area contributed by atoms with Gasteiger partial charge in [-0.05, 0) is 37.8 Å². The predicted molar refractivity (Wildman–Crippen MR) is 104 cm³/mol. The van der Waals surface area contributed by atoms with Gasteiger partial charge in [0.1, 0.15) is 11.5 Å². The first-order valence-corrected chi connectivity index (χ1v) is 9.63. The number of ether oxygens (including phenoxy) is 1. The fourth-order valence-corrected chi connectivity index (χ4v) is 3.68. The van der Waals surface area contributed by atoms with Gasteiger partial charge in [0.15, 0.2) is 0 Å². The molecule has 7 heteroatoms. The van der Waals surface area contributed by atoms with Crippen molar-refractivity contribution in [2.75, 3.05) is 0 Å². The van der Waals surface area contributed by atoms with Crippen molar-refractivity contribution in [3.63, 3.8) is 0 Å². The van der Waals surface area contributed by atoms with Crippen molar-refractivity contribution in [3.8, 4) is 5.75 Å². The topological polar surface area (TPSA) is 97.2 Å². The van der Waals surface area contributed by atoms with Crippen LogP contribution in [0.2, 0.25) is 0 Å². The Kier molecular flexibility index (Phi) is 5.41. The molecule has 0 bridgehead atoms. The number of hydrogen-bond donors (Lipinski definition) is 2. The monoisotopic (exact) mass is 381 g/mol. The third kappa shape index (κ3) is 4.42. The van der Waals surface area contributed by atoms with Crippen LogP contribution in [0, 0.1) is 0 Å². The number of hydrogen-bond acceptors (Lipinski definition) is 5. The summed E-state index contributed by atoms with van der Waals surface area (Å²) in [5, 5.41) is 7.45. The van der Waals surface area contributed by atoms with Gasteiger partial charge in [0, 0.05) is 48.1 Å². The molecule has 0 radical (unpaired) electrons. The van der Waals surface area contributed by atoms with Gasteiger partial charge in [0.2, 0.25) is 5.91 Å². The number of aryl methyl sites for hydroxylation is 1. The number of nitrogens with zero attached hydrogens (tertiary/aromatic N) is 1. The van der Waals surface area contributed by atoms with Crippen molar-refractivity contribution in [3.05, 3.63) is 58.8 Å². The lowest BCUT2D eigenvalue weighted by molar-refractivity contribution is -0.122. The molecule has 0 atom stereocenters. The molecule has 4 rings (SSSR count). The summed E-state index contributed by atoms with van der Waals surface area (Å²) in [5.41, 5.74) is -0.281. The van der Waals surface area contributed by atoms with E-state index in [1.165, 1.54) is 6.07 Å². The average molecular weight is 381 g/mol. The molecule has 0 aliphatic heterocycles. The Morgan fingerprint density at radius 3 is 2.89 bits per heavy atom. The molecule has 2 N–H and O–H groups in total. The Labute approximate surface area is 162 Å². The minimum Gasteiger partial charge on any atom is -0.490 e. The van der Waals surface area contributed by atoms with Gasteiger partial charge in [-0.15, -0.1) is 0 Å². The second kappa shape index (κ2) is 8.29. The van der Waals surface area contributed by atoms with Crippen molar-refractivity contribution in [1.29, 1.82) is 0 Å². The number of fused-ring (bicyclic) bond motifs is 1. The van der Waals surface area contributed by atoms with Gasteiger partial charge in [0.05, 0.1) is 6.10 Å². The zero-order valence-corrected chi connectivity index (χ0v) is 15.5. The Morgan fingerprint density at radius 1 is 1.25 bits per heavy atom. The number of aromatic nitrogens is 2. The highest BCUT2D eigenvalue weighted by molar-refractivity contribution is 5.87. The van der Waals surface area contributed by atoms with Crippen LogP contribution in [-0.4, -0.2) is 28.2 Å². The molecular weight excluding hydrogens is 358 g/mol. The molecule has 2 aromatic heterocycles. The second-order valence-electron chi connectivity index (χ2n) is 7.19. The number of carbonyl (C=O) groups excluding carboxylic acids is 1. The molecular formula is C21H23N3O4. The van der Waals surface area contributed by atoms with Crippen molar-refractivity contribution >= 4 is 16.7 Å². The summed E-state index contributed by atoms with van der Waals surface area (Å²) in [6.07, 6.45) is 8.08. The van der Waals surface area contributed by atoms with Gasteiger partial charge in [-0.1, -0.05) is 12.1 Å². The summed E-state index contributed by atoms with van der Waals surface area (Å²) >= 11 is 0. The van der Waals surface area contributed by atoms with E-state index in [1.54, 1.807) is 6.20 Å². The third-order valence-corrected chi connectivity index (χ3v) is 5.15. The van der Waals surface area contributed by atoms with E-state index in [2.05, 4.69) is 15.5 Å². The number of H-pyrrole nitrogens is 1. The lowest BCUT2D eigenvalue weighted by Crippen LogP contribution is -2.39. The molecule has 1 aliphatic rings. The summed E-state index contributed by atoms with van der Waals surface area (Å²) in [5.74, 6) is 1.37. The van der Waals surface area contributed by atoms with Gasteiger partial charge < -0.3 is 14.6 Å². The van der Waals surface area contributed by atoms with Crippen LogP contribution in [0.4, 0.5) is 0 Å². The van der Waals surface area contributed by atoms with Gasteiger partial charge >= 0.3 is 0 Å². The second-order valence-corrected chi connectivity index (χ2v) is 7.19. The van der Waals surface area contributed by atoms with Crippen LogP contribution in [-0.2, 0) is 11.2 Å². The molecule has 2 heterocycles. The highest BCUT2D eigenvalue weighted by Gasteiger charge is 2.24. The molecule has 1 amide bonds. The minimum atomic E-state index is -0.281. The Hall–Kier alpha value is -3.09. The van der Waals surface area contributed by atoms with E-state index < -0.39 is 0 Å². The van der Waals surface area contributed by atoms with Crippen molar-refractivity contribution in [2.24, 2.45) is 0 Å². The molecule has 3 aromatic rings. The highest BCUT2D eigenvalue weighted by Crippen LogP contribution is 2.29. The van der Waals surface area contributed by atoms with E-state index in [4.69, 9.17) is 9.26 Å². The van der Waals surface area contributed by atoms with E-state index in [9.17, 15) is 9.59 Å². The van der Waals surface area contributed by atoms with Crippen molar-refractivity contribution in [1.82, 2.24) is 15.5 Å². The zero-order valence-electron chi connectivity index (χ0n) is 15.5. The summed E-state index contributed by atoms with van der Waals surface area (Å²) in [4.78, 5) is 27.3. The number of nitrogens with one attached hydrogen (secondary N) is 2. The fraction of sp³-hybridized carbons (Fsp3) is 0.381. The maximum atomic E-state index is 12.1. The van der Waals surface area contributed by atoms with Gasteiger partial charge in [-0.3, -0.25) is 14.6 Å². The Morgan fingerprint density at radius 2 is 2.11 bits per heavy atom. The van der Waals surface area contributed by atoms with Crippen LogP contribution >= 0.6 is 0 Å². The SMILES string of the molecule is O=C(CCc1cc(=O)[nH]o1)NC1CCC(Oc2cccc3cnccc23)CC1. The molecule has 0 unspecified atom stereocenters. The number of benzene rings is 1. The van der Waals surface area contributed by atoms with E-state index in [0.717, 1.165) is 42.2 Å². The first kappa shape index (κ1) is 18.3. The quantitative estimate of drug-likeness (QED) is 0.684. The summed E-state index contributed by atoms with van der Waals surface area (Å²) in [6, 6.07) is 9.53. The van der Waals surface area contributed by atoms with E-state index in [-0.39, 0.29) is 23.6 Å². The summed E-state index contributed by atoms with van der Waals surface area (Å²) < 4.78 is 11.2. The Balaban J connectivity index is 1.25. The van der Waals surface area contributed by atoms with Gasteiger partial charge in [-0.25, -0.2) is 0 Å². The summed E-state index contributed by atoms with van der Waals surface area (Å²) in [6.45, 7) is 0. The molecule has 1 fully saturated rings. The lowest BCUT2D eigenvalue weighted by atomic mass is 9.92. The normalized spacial score (nSPS) is 19.4. The van der Waals surface area contributed by atoms with Crippen LogP contribution in [0.5, 0.6) is 5.75 Å². The van der Waals surface area contributed by atoms with E-state index in [0.29, 0.717) is 18.6 Å². The minimum absolute atomic E-state index is 0.0187. The number of carbonyl (C=O) groups is 1. The van der Waals surface area contributed by atoms with Crippen molar-refractivity contribution < 1.29 is 14.1 Å². The molecule has 0 spiro atoms. The molecule has 0 saturated heterocycles. The molecule has 1 saturated carbocycles. The maximum Gasteiger partial charge on any atom is 0.280 e. The van der Waals surface area contributed by atoms with Crippen molar-refractivity contribution in [2.45, 2.75) is 50.7 Å². The predicted octanol–water partition coefficient (Wildman–Crippen LogP) is 2.96.